The van der Waals surface area contributed by atoms with Crippen LogP contribution in [0.4, 0.5) is 10.2 Å². The highest BCUT2D eigenvalue weighted by Crippen LogP contribution is 2.31. The van der Waals surface area contributed by atoms with Gasteiger partial charge in [0.05, 0.1) is 0 Å². The maximum absolute atomic E-state index is 13.4. The summed E-state index contributed by atoms with van der Waals surface area (Å²) >= 11 is 0. The molecular formula is C21H22FN5O3. The summed E-state index contributed by atoms with van der Waals surface area (Å²) in [7, 11) is 0. The highest BCUT2D eigenvalue weighted by atomic mass is 19.1. The molecule has 2 heterocycles. The molecule has 30 heavy (non-hydrogen) atoms. The molecule has 1 aromatic heterocycles. The zero-order chi connectivity index (χ0) is 21.1. The number of hydrogen-bond acceptors (Lipinski definition) is 5. The molecule has 2 aromatic rings. The molecule has 8 nitrogen and oxygen atoms in total. The van der Waals surface area contributed by atoms with Crippen molar-refractivity contribution < 1.29 is 18.8 Å². The average Bonchev–Trinajstić information content (AvgIpc) is 3.59. The smallest absolute Gasteiger partial charge is 0.273 e. The van der Waals surface area contributed by atoms with E-state index < -0.39 is 17.6 Å². The van der Waals surface area contributed by atoms with Crippen LogP contribution in [0, 0.1) is 11.7 Å². The molecule has 1 aliphatic carbocycles. The van der Waals surface area contributed by atoms with Crippen molar-refractivity contribution in [3.8, 4) is 0 Å². The molecule has 0 unspecified atom stereocenters. The molecule has 0 radical (unpaired) electrons. The average molecular weight is 411 g/mol. The van der Waals surface area contributed by atoms with E-state index in [1.165, 1.54) is 30.6 Å². The van der Waals surface area contributed by atoms with Gasteiger partial charge in [-0.3, -0.25) is 14.4 Å². The largest absolute Gasteiger partial charge is 0.348 e. The van der Waals surface area contributed by atoms with E-state index in [0.29, 0.717) is 25.9 Å². The predicted molar refractivity (Wildman–Crippen MR) is 106 cm³/mol. The van der Waals surface area contributed by atoms with Crippen molar-refractivity contribution >= 4 is 23.5 Å². The van der Waals surface area contributed by atoms with Crippen molar-refractivity contribution in [1.29, 1.82) is 0 Å². The molecule has 1 aliphatic heterocycles. The minimum atomic E-state index is -0.587. The van der Waals surface area contributed by atoms with E-state index >= 15 is 0 Å². The summed E-state index contributed by atoms with van der Waals surface area (Å²) in [5, 5.41) is 5.43. The van der Waals surface area contributed by atoms with Crippen LogP contribution in [-0.4, -0.2) is 51.7 Å². The monoisotopic (exact) mass is 411 g/mol. The van der Waals surface area contributed by atoms with Crippen LogP contribution in [0.25, 0.3) is 0 Å². The van der Waals surface area contributed by atoms with Crippen LogP contribution < -0.4 is 10.6 Å². The van der Waals surface area contributed by atoms with Crippen molar-refractivity contribution in [1.82, 2.24) is 20.2 Å². The van der Waals surface area contributed by atoms with Gasteiger partial charge in [0.1, 0.15) is 5.82 Å². The number of carbonyl (C=O) groups is 3. The lowest BCUT2D eigenvalue weighted by molar-refractivity contribution is -0.133. The Balaban J connectivity index is 1.37. The van der Waals surface area contributed by atoms with Gasteiger partial charge >= 0.3 is 0 Å². The van der Waals surface area contributed by atoms with Crippen molar-refractivity contribution in [2.24, 2.45) is 5.92 Å². The standard InChI is InChI=1S/C21H22FN5O3/c22-15-3-1-2-14(12-15)19(28)26-18-17(23-8-9-24-18)20(29)25-16-6-10-27(11-7-16)21(30)13-4-5-13/h1-3,8-9,12-13,16H,4-7,10-11H2,(H,25,29)(H,24,26,28). The Morgan fingerprint density at radius 3 is 2.43 bits per heavy atom. The predicted octanol–water partition coefficient (Wildman–Crippen LogP) is 2.00. The number of rotatable bonds is 5. The van der Waals surface area contributed by atoms with Gasteiger partial charge in [-0.15, -0.1) is 0 Å². The zero-order valence-corrected chi connectivity index (χ0v) is 16.3. The summed E-state index contributed by atoms with van der Waals surface area (Å²) in [4.78, 5) is 47.2. The number of carbonyl (C=O) groups excluding carboxylic acids is 3. The van der Waals surface area contributed by atoms with Crippen molar-refractivity contribution in [3.63, 3.8) is 0 Å². The fourth-order valence-electron chi connectivity index (χ4n) is 3.49. The van der Waals surface area contributed by atoms with Gasteiger partial charge in [-0.05, 0) is 43.9 Å². The van der Waals surface area contributed by atoms with E-state index in [9.17, 15) is 18.8 Å². The molecule has 2 fully saturated rings. The number of anilines is 1. The second-order valence-corrected chi connectivity index (χ2v) is 7.57. The van der Waals surface area contributed by atoms with Crippen LogP contribution in [0.5, 0.6) is 0 Å². The van der Waals surface area contributed by atoms with Crippen LogP contribution in [0.2, 0.25) is 0 Å². The Morgan fingerprint density at radius 1 is 1.00 bits per heavy atom. The Labute approximate surface area is 172 Å². The minimum Gasteiger partial charge on any atom is -0.348 e. The highest BCUT2D eigenvalue weighted by molar-refractivity contribution is 6.07. The molecule has 2 N–H and O–H groups in total. The van der Waals surface area contributed by atoms with E-state index in [-0.39, 0.29) is 34.9 Å². The molecule has 3 amide bonds. The van der Waals surface area contributed by atoms with Crippen molar-refractivity contribution in [3.05, 3.63) is 53.7 Å². The number of nitrogens with one attached hydrogen (secondary N) is 2. The Hall–Kier alpha value is -3.36. The molecule has 1 saturated heterocycles. The second kappa shape index (κ2) is 8.56. The van der Waals surface area contributed by atoms with Gasteiger partial charge < -0.3 is 15.5 Å². The molecule has 9 heteroatoms. The SMILES string of the molecule is O=C(Nc1nccnc1C(=O)NC1CCN(C(=O)C2CC2)CC1)c1cccc(F)c1. The van der Waals surface area contributed by atoms with Crippen LogP contribution >= 0.6 is 0 Å². The number of piperidine rings is 1. The molecule has 0 bridgehead atoms. The van der Waals surface area contributed by atoms with Gasteiger partial charge in [0.2, 0.25) is 5.91 Å². The zero-order valence-electron chi connectivity index (χ0n) is 16.3. The summed E-state index contributed by atoms with van der Waals surface area (Å²) in [6, 6.07) is 5.14. The molecular weight excluding hydrogens is 389 g/mol. The fraction of sp³-hybridized carbons (Fsp3) is 0.381. The number of benzene rings is 1. The molecule has 4 rings (SSSR count). The Morgan fingerprint density at radius 2 is 1.73 bits per heavy atom. The van der Waals surface area contributed by atoms with Crippen LogP contribution in [0.15, 0.2) is 36.7 Å². The first-order chi connectivity index (χ1) is 14.5. The van der Waals surface area contributed by atoms with Gasteiger partial charge in [-0.25, -0.2) is 14.4 Å². The summed E-state index contributed by atoms with van der Waals surface area (Å²) in [5.74, 6) is -1.16. The third-order valence-electron chi connectivity index (χ3n) is 5.30. The third-order valence-corrected chi connectivity index (χ3v) is 5.30. The normalized spacial score (nSPS) is 16.8. The Kier molecular flexibility index (Phi) is 5.69. The summed E-state index contributed by atoms with van der Waals surface area (Å²) in [5.41, 5.74) is 0.0958. The first-order valence-electron chi connectivity index (χ1n) is 9.99. The Bertz CT molecular complexity index is 971. The van der Waals surface area contributed by atoms with E-state index in [4.69, 9.17) is 0 Å². The topological polar surface area (TPSA) is 104 Å². The number of nitrogens with zero attached hydrogens (tertiary/aromatic N) is 3. The third kappa shape index (κ3) is 4.61. The number of aromatic nitrogens is 2. The number of hydrogen-bond donors (Lipinski definition) is 2. The van der Waals surface area contributed by atoms with Gasteiger partial charge in [-0.1, -0.05) is 6.07 Å². The quantitative estimate of drug-likeness (QED) is 0.783. The van der Waals surface area contributed by atoms with Crippen molar-refractivity contribution in [2.75, 3.05) is 18.4 Å². The lowest BCUT2D eigenvalue weighted by Gasteiger charge is -2.32. The first-order valence-corrected chi connectivity index (χ1v) is 9.99. The van der Waals surface area contributed by atoms with Gasteiger partial charge in [-0.2, -0.15) is 0 Å². The lowest BCUT2D eigenvalue weighted by Crippen LogP contribution is -2.47. The van der Waals surface area contributed by atoms with Crippen LogP contribution in [-0.2, 0) is 4.79 Å². The summed E-state index contributed by atoms with van der Waals surface area (Å²) < 4.78 is 13.4. The van der Waals surface area contributed by atoms with Gasteiger partial charge in [0.25, 0.3) is 11.8 Å². The van der Waals surface area contributed by atoms with E-state index in [2.05, 4.69) is 20.6 Å². The molecule has 0 atom stereocenters. The molecule has 1 aromatic carbocycles. The fourth-order valence-corrected chi connectivity index (χ4v) is 3.49. The summed E-state index contributed by atoms with van der Waals surface area (Å²) in [6.07, 6.45) is 6.01. The van der Waals surface area contributed by atoms with E-state index in [1.807, 2.05) is 4.90 Å². The lowest BCUT2D eigenvalue weighted by atomic mass is 10.0. The first kappa shape index (κ1) is 19.9. The van der Waals surface area contributed by atoms with E-state index in [0.717, 1.165) is 18.9 Å². The maximum atomic E-state index is 13.4. The van der Waals surface area contributed by atoms with Gasteiger partial charge in [0, 0.05) is 43.0 Å². The highest BCUT2D eigenvalue weighted by Gasteiger charge is 2.35. The minimum absolute atomic E-state index is 0.00519. The second-order valence-electron chi connectivity index (χ2n) is 7.57. The molecule has 0 spiro atoms. The number of halogens is 1. The summed E-state index contributed by atoms with van der Waals surface area (Å²) in [6.45, 7) is 1.23. The number of amides is 3. The maximum Gasteiger partial charge on any atom is 0.273 e. The van der Waals surface area contributed by atoms with Gasteiger partial charge in [0.15, 0.2) is 11.5 Å². The molecule has 2 aliphatic rings. The van der Waals surface area contributed by atoms with Crippen molar-refractivity contribution in [2.45, 2.75) is 31.7 Å². The molecule has 156 valence electrons. The molecule has 1 saturated carbocycles. The number of likely N-dealkylation sites (tertiary alicyclic amines) is 1. The van der Waals surface area contributed by atoms with E-state index in [1.54, 1.807) is 0 Å². The van der Waals surface area contributed by atoms with Crippen LogP contribution in [0.3, 0.4) is 0 Å². The van der Waals surface area contributed by atoms with Crippen LogP contribution in [0.1, 0.15) is 46.5 Å².